The third-order valence-corrected chi connectivity index (χ3v) is 5.23. The first-order valence-electron chi connectivity index (χ1n) is 8.73. The topological polar surface area (TPSA) is 99.8 Å². The Morgan fingerprint density at radius 3 is 2.32 bits per heavy atom. The third-order valence-electron chi connectivity index (χ3n) is 4.89. The average molecular weight is 402 g/mol. The zero-order valence-electron chi connectivity index (χ0n) is 15.6. The lowest BCUT2D eigenvalue weighted by Crippen LogP contribution is -2.14. The predicted molar refractivity (Wildman–Crippen MR) is 107 cm³/mol. The zero-order valence-corrected chi connectivity index (χ0v) is 16.4. The third kappa shape index (κ3) is 3.10. The van der Waals surface area contributed by atoms with E-state index < -0.39 is 17.9 Å². The Morgan fingerprint density at radius 1 is 1.07 bits per heavy atom. The molecule has 0 bridgehead atoms. The van der Waals surface area contributed by atoms with Gasteiger partial charge in [-0.15, -0.1) is 0 Å². The molecule has 0 spiro atoms. The normalized spacial score (nSPS) is 12.5. The highest BCUT2D eigenvalue weighted by Gasteiger charge is 2.31. The fourth-order valence-corrected chi connectivity index (χ4v) is 4.09. The van der Waals surface area contributed by atoms with Crippen molar-refractivity contribution in [1.82, 2.24) is 4.57 Å². The highest BCUT2D eigenvalue weighted by molar-refractivity contribution is 6.31. The van der Waals surface area contributed by atoms with Crippen molar-refractivity contribution in [3.8, 4) is 5.75 Å². The van der Waals surface area contributed by atoms with Crippen LogP contribution in [0.1, 0.15) is 53.0 Å². The molecule has 1 atom stereocenters. The molecule has 7 heteroatoms. The van der Waals surface area contributed by atoms with Crippen molar-refractivity contribution >= 4 is 34.4 Å². The molecule has 6 nitrogen and oxygen atoms in total. The molecule has 3 rings (SSSR count). The van der Waals surface area contributed by atoms with Crippen LogP contribution in [-0.4, -0.2) is 31.8 Å². The minimum atomic E-state index is -1.23. The number of aromatic carboxylic acids is 1. The fraction of sp³-hybridized carbons (Fsp3) is 0.238. The summed E-state index contributed by atoms with van der Waals surface area (Å²) >= 11 is 6.23. The largest absolute Gasteiger partial charge is 0.508 e. The van der Waals surface area contributed by atoms with Crippen LogP contribution in [0.2, 0.25) is 5.02 Å². The second-order valence-corrected chi connectivity index (χ2v) is 7.35. The average Bonchev–Trinajstić information content (AvgIpc) is 2.90. The molecule has 0 aliphatic heterocycles. The Labute approximate surface area is 166 Å². The molecule has 0 saturated carbocycles. The van der Waals surface area contributed by atoms with Gasteiger partial charge in [0.2, 0.25) is 0 Å². The van der Waals surface area contributed by atoms with Crippen LogP contribution >= 0.6 is 11.6 Å². The van der Waals surface area contributed by atoms with Crippen LogP contribution in [0.4, 0.5) is 0 Å². The van der Waals surface area contributed by atoms with Gasteiger partial charge in [-0.2, -0.15) is 0 Å². The summed E-state index contributed by atoms with van der Waals surface area (Å²) in [5.41, 5.74) is 1.79. The van der Waals surface area contributed by atoms with E-state index in [9.17, 15) is 24.9 Å². The van der Waals surface area contributed by atoms with Gasteiger partial charge in [0.05, 0.1) is 5.56 Å². The standard InChI is InChI=1S/C21H20ClNO5/c1-10(2)23-11(3)17(20(25)26)19-13(5-4-6-16(19)23)18(21(27)28)14-9-12(24)7-8-15(14)22/h4-10,18,24H,1-3H3,(H,25,26)(H,27,28). The van der Waals surface area contributed by atoms with E-state index in [2.05, 4.69) is 0 Å². The van der Waals surface area contributed by atoms with Gasteiger partial charge < -0.3 is 19.9 Å². The summed E-state index contributed by atoms with van der Waals surface area (Å²) < 4.78 is 1.88. The Kier molecular flexibility index (Phi) is 5.08. The molecule has 0 saturated heterocycles. The summed E-state index contributed by atoms with van der Waals surface area (Å²) in [5, 5.41) is 30.2. The van der Waals surface area contributed by atoms with E-state index in [1.54, 1.807) is 25.1 Å². The van der Waals surface area contributed by atoms with E-state index in [-0.39, 0.29) is 27.9 Å². The van der Waals surface area contributed by atoms with Crippen molar-refractivity contribution in [2.75, 3.05) is 0 Å². The van der Waals surface area contributed by atoms with Gasteiger partial charge in [-0.3, -0.25) is 4.79 Å². The van der Waals surface area contributed by atoms with Crippen molar-refractivity contribution in [2.24, 2.45) is 0 Å². The number of carboxylic acids is 2. The van der Waals surface area contributed by atoms with Gasteiger partial charge in [0.1, 0.15) is 11.7 Å². The smallest absolute Gasteiger partial charge is 0.338 e. The highest BCUT2D eigenvalue weighted by Crippen LogP contribution is 2.40. The summed E-state index contributed by atoms with van der Waals surface area (Å²) in [6.07, 6.45) is 0. The highest BCUT2D eigenvalue weighted by atomic mass is 35.5. The lowest BCUT2D eigenvalue weighted by molar-refractivity contribution is -0.137. The van der Waals surface area contributed by atoms with Gasteiger partial charge in [0.15, 0.2) is 0 Å². The lowest BCUT2D eigenvalue weighted by Gasteiger charge is -2.17. The van der Waals surface area contributed by atoms with Crippen LogP contribution in [-0.2, 0) is 4.79 Å². The van der Waals surface area contributed by atoms with E-state index in [0.717, 1.165) is 0 Å². The number of phenols is 1. The molecule has 0 amide bonds. The number of halogens is 1. The van der Waals surface area contributed by atoms with Crippen molar-refractivity contribution in [1.29, 1.82) is 0 Å². The van der Waals surface area contributed by atoms with Crippen molar-refractivity contribution in [3.63, 3.8) is 0 Å². The molecular weight excluding hydrogens is 382 g/mol. The van der Waals surface area contributed by atoms with Crippen LogP contribution < -0.4 is 0 Å². The van der Waals surface area contributed by atoms with Gasteiger partial charge in [0, 0.05) is 27.7 Å². The van der Waals surface area contributed by atoms with Crippen LogP contribution in [0.15, 0.2) is 36.4 Å². The van der Waals surface area contributed by atoms with Crippen molar-refractivity contribution < 1.29 is 24.9 Å². The Balaban J connectivity index is 2.45. The number of phenolic OH excluding ortho intramolecular Hbond substituents is 1. The number of carbonyl (C=O) groups is 2. The number of aliphatic carboxylic acids is 1. The molecule has 2 aromatic carbocycles. The number of aromatic hydroxyl groups is 1. The summed E-state index contributed by atoms with van der Waals surface area (Å²) in [4.78, 5) is 24.3. The first-order valence-corrected chi connectivity index (χ1v) is 9.10. The molecule has 1 heterocycles. The van der Waals surface area contributed by atoms with E-state index in [0.29, 0.717) is 22.2 Å². The Hall–Kier alpha value is -2.99. The molecule has 146 valence electrons. The van der Waals surface area contributed by atoms with E-state index in [1.165, 1.54) is 18.2 Å². The molecule has 0 fully saturated rings. The molecule has 0 aliphatic carbocycles. The predicted octanol–water partition coefficient (Wildman–Crippen LogP) is 4.80. The summed E-state index contributed by atoms with van der Waals surface area (Å²) in [6, 6.07) is 9.15. The number of carboxylic acid groups (broad SMARTS) is 2. The maximum atomic E-state index is 12.2. The number of aromatic nitrogens is 1. The van der Waals surface area contributed by atoms with Crippen molar-refractivity contribution in [2.45, 2.75) is 32.7 Å². The molecular formula is C21H20ClNO5. The van der Waals surface area contributed by atoms with Gasteiger partial charge >= 0.3 is 11.9 Å². The molecule has 1 aromatic heterocycles. The van der Waals surface area contributed by atoms with Crippen LogP contribution in [0.25, 0.3) is 10.9 Å². The lowest BCUT2D eigenvalue weighted by atomic mass is 9.87. The van der Waals surface area contributed by atoms with Crippen LogP contribution in [0.5, 0.6) is 5.75 Å². The second-order valence-electron chi connectivity index (χ2n) is 6.95. The maximum Gasteiger partial charge on any atom is 0.338 e. The maximum absolute atomic E-state index is 12.2. The first kappa shape index (κ1) is 19.8. The number of hydrogen-bond donors (Lipinski definition) is 3. The number of nitrogens with zero attached hydrogens (tertiary/aromatic N) is 1. The summed E-state index contributed by atoms with van der Waals surface area (Å²) in [6.45, 7) is 5.58. The van der Waals surface area contributed by atoms with Crippen LogP contribution in [0, 0.1) is 6.92 Å². The van der Waals surface area contributed by atoms with Crippen LogP contribution in [0.3, 0.4) is 0 Å². The Morgan fingerprint density at radius 2 is 1.75 bits per heavy atom. The first-order chi connectivity index (χ1) is 13.1. The quantitative estimate of drug-likeness (QED) is 0.570. The Bertz CT molecular complexity index is 1100. The van der Waals surface area contributed by atoms with E-state index in [4.69, 9.17) is 11.6 Å². The monoisotopic (exact) mass is 401 g/mol. The molecule has 3 N–H and O–H groups in total. The summed E-state index contributed by atoms with van der Waals surface area (Å²) in [7, 11) is 0. The summed E-state index contributed by atoms with van der Waals surface area (Å²) in [5.74, 6) is -3.66. The number of fused-ring (bicyclic) bond motifs is 1. The number of hydrogen-bond acceptors (Lipinski definition) is 3. The molecule has 3 aromatic rings. The zero-order chi connectivity index (χ0) is 20.7. The van der Waals surface area contributed by atoms with Gasteiger partial charge in [0.25, 0.3) is 0 Å². The second kappa shape index (κ2) is 7.20. The number of rotatable bonds is 5. The molecule has 0 aliphatic rings. The molecule has 0 radical (unpaired) electrons. The number of benzene rings is 2. The van der Waals surface area contributed by atoms with E-state index in [1.807, 2.05) is 18.4 Å². The molecule has 1 unspecified atom stereocenters. The fourth-order valence-electron chi connectivity index (χ4n) is 3.87. The van der Waals surface area contributed by atoms with Gasteiger partial charge in [-0.1, -0.05) is 23.7 Å². The van der Waals surface area contributed by atoms with Gasteiger partial charge in [-0.25, -0.2) is 4.79 Å². The van der Waals surface area contributed by atoms with Gasteiger partial charge in [-0.05, 0) is 56.2 Å². The minimum absolute atomic E-state index is 0.0153. The minimum Gasteiger partial charge on any atom is -0.508 e. The van der Waals surface area contributed by atoms with E-state index >= 15 is 0 Å². The molecule has 28 heavy (non-hydrogen) atoms. The van der Waals surface area contributed by atoms with Crippen molar-refractivity contribution in [3.05, 3.63) is 63.8 Å². The SMILES string of the molecule is Cc1c(C(=O)O)c2c(C(C(=O)O)c3cc(O)ccc3Cl)cccc2n1C(C)C.